The Morgan fingerprint density at radius 2 is 2.04 bits per heavy atom. The molecule has 2 N–H and O–H groups in total. The Hall–Kier alpha value is -2.87. The van der Waals surface area contributed by atoms with Gasteiger partial charge < -0.3 is 14.5 Å². The van der Waals surface area contributed by atoms with Crippen LogP contribution in [0.5, 0.6) is 5.75 Å². The van der Waals surface area contributed by atoms with Crippen LogP contribution in [0.15, 0.2) is 53.4 Å². The molecule has 1 unspecified atom stereocenters. The molecule has 24 heavy (non-hydrogen) atoms. The van der Waals surface area contributed by atoms with Crippen molar-refractivity contribution in [3.05, 3.63) is 48.5 Å². The summed E-state index contributed by atoms with van der Waals surface area (Å²) < 4.78 is 22.2. The number of anilines is 1. The van der Waals surface area contributed by atoms with Gasteiger partial charge in [0.1, 0.15) is 5.75 Å². The number of H-pyrrole nitrogens is 1. The van der Waals surface area contributed by atoms with Gasteiger partial charge in [-0.3, -0.25) is 9.53 Å². The van der Waals surface area contributed by atoms with Crippen LogP contribution in [0.2, 0.25) is 0 Å². The number of hydrogen-bond donors (Lipinski definition) is 2. The number of methoxy groups -OCH3 is 1. The van der Waals surface area contributed by atoms with E-state index in [4.69, 9.17) is 4.74 Å². The zero-order valence-corrected chi connectivity index (χ0v) is 13.6. The van der Waals surface area contributed by atoms with Crippen LogP contribution in [0.3, 0.4) is 0 Å². The predicted octanol–water partition coefficient (Wildman–Crippen LogP) is 2.89. The number of rotatable bonds is 5. The van der Waals surface area contributed by atoms with Crippen LogP contribution in [0.1, 0.15) is 0 Å². The summed E-state index contributed by atoms with van der Waals surface area (Å²) in [6.45, 7) is 0. The van der Waals surface area contributed by atoms with Gasteiger partial charge in [-0.15, -0.1) is 0 Å². The number of imidazole rings is 1. The van der Waals surface area contributed by atoms with Gasteiger partial charge in [0.15, 0.2) is 5.94 Å². The van der Waals surface area contributed by atoms with Crippen molar-refractivity contribution in [2.45, 2.75) is 4.90 Å². The molecule has 0 spiro atoms. The smallest absolute Gasteiger partial charge is 0.413 e. The fourth-order valence-electron chi connectivity index (χ4n) is 2.05. The minimum absolute atomic E-state index is 0.0525. The number of aromatic nitrogens is 2. The molecule has 0 aliphatic rings. The fourth-order valence-corrected chi connectivity index (χ4v) is 2.89. The number of aromatic amines is 1. The summed E-state index contributed by atoms with van der Waals surface area (Å²) >= 11 is 0. The molecular formula is C16H15N3O4S. The number of nitrogens with zero attached hydrogens (tertiary/aromatic N) is 1. The number of hydrogen-bond acceptors (Lipinski definition) is 5. The second-order valence-corrected chi connectivity index (χ2v) is 6.20. The monoisotopic (exact) mass is 345 g/mol. The normalized spacial score (nSPS) is 11.9. The summed E-state index contributed by atoms with van der Waals surface area (Å²) in [5.41, 5.74) is 1.35. The molecule has 1 atom stereocenters. The first kappa shape index (κ1) is 16.0. The van der Waals surface area contributed by atoms with Gasteiger partial charge in [0.25, 0.3) is 0 Å². The first-order chi connectivity index (χ1) is 11.7. The molecule has 0 bridgehead atoms. The first-order valence-corrected chi connectivity index (χ1v) is 8.38. The molecule has 0 fully saturated rings. The largest absolute Gasteiger partial charge is 0.480 e. The number of ether oxygens (including phenoxy) is 2. The van der Waals surface area contributed by atoms with Gasteiger partial charge in [-0.05, 0) is 24.3 Å². The summed E-state index contributed by atoms with van der Waals surface area (Å²) in [4.78, 5) is 19.0. The highest BCUT2D eigenvalue weighted by Crippen LogP contribution is 2.21. The van der Waals surface area contributed by atoms with Gasteiger partial charge in [0, 0.05) is 11.0 Å². The van der Waals surface area contributed by atoms with E-state index in [1.807, 2.05) is 18.2 Å². The molecule has 0 radical (unpaired) electrons. The Balaban J connectivity index is 1.69. The summed E-state index contributed by atoms with van der Waals surface area (Å²) in [7, 11) is 0.0315. The number of fused-ring (bicyclic) bond motifs is 1. The van der Waals surface area contributed by atoms with Crippen LogP contribution in [0.25, 0.3) is 11.0 Å². The van der Waals surface area contributed by atoms with Crippen molar-refractivity contribution in [2.75, 3.05) is 18.4 Å². The molecule has 3 aromatic rings. The molecule has 0 saturated carbocycles. The van der Waals surface area contributed by atoms with Crippen LogP contribution >= 0.6 is 0 Å². The van der Waals surface area contributed by atoms with Crippen LogP contribution < -0.4 is 10.1 Å². The molecule has 124 valence electrons. The van der Waals surface area contributed by atoms with E-state index >= 15 is 0 Å². The van der Waals surface area contributed by atoms with E-state index in [-0.39, 0.29) is 11.9 Å². The molecule has 1 aromatic heterocycles. The van der Waals surface area contributed by atoms with Crippen molar-refractivity contribution < 1.29 is 18.5 Å². The van der Waals surface area contributed by atoms with Crippen LogP contribution in [-0.2, 0) is 15.5 Å². The summed E-state index contributed by atoms with van der Waals surface area (Å²) in [5.74, 6) is 0.888. The minimum atomic E-state index is -1.24. The zero-order chi connectivity index (χ0) is 16.9. The van der Waals surface area contributed by atoms with Gasteiger partial charge in [-0.2, -0.15) is 0 Å². The van der Waals surface area contributed by atoms with E-state index in [0.29, 0.717) is 21.7 Å². The van der Waals surface area contributed by atoms with Gasteiger partial charge in [-0.25, -0.2) is 9.78 Å². The summed E-state index contributed by atoms with van der Waals surface area (Å²) in [6, 6.07) is 14.3. The third-order valence-electron chi connectivity index (χ3n) is 3.20. The number of nitrogens with one attached hydrogen (secondary N) is 2. The van der Waals surface area contributed by atoms with E-state index in [1.165, 1.54) is 7.11 Å². The van der Waals surface area contributed by atoms with E-state index < -0.39 is 16.9 Å². The predicted molar refractivity (Wildman–Crippen MR) is 90.5 cm³/mol. The molecule has 0 saturated heterocycles. The lowest BCUT2D eigenvalue weighted by molar-refractivity contribution is 0.186. The maximum Gasteiger partial charge on any atom is 0.413 e. The zero-order valence-electron chi connectivity index (χ0n) is 12.8. The second kappa shape index (κ2) is 7.14. The van der Waals surface area contributed by atoms with E-state index in [0.717, 1.165) is 0 Å². The highest BCUT2D eigenvalue weighted by atomic mass is 32.2. The maximum atomic E-state index is 12.1. The van der Waals surface area contributed by atoms with Crippen LogP contribution in [-0.4, -0.2) is 33.3 Å². The van der Waals surface area contributed by atoms with Gasteiger partial charge in [-0.1, -0.05) is 18.2 Å². The van der Waals surface area contributed by atoms with Crippen LogP contribution in [0.4, 0.5) is 10.7 Å². The molecule has 0 aliphatic carbocycles. The van der Waals surface area contributed by atoms with Crippen molar-refractivity contribution >= 4 is 33.9 Å². The van der Waals surface area contributed by atoms with E-state index in [9.17, 15) is 9.00 Å². The lowest BCUT2D eigenvalue weighted by atomic mass is 10.3. The SMILES string of the molecule is COC(=O)Nc1nc2ccc(OCS(=O)c3ccccc3)cc2[nH]1. The number of carbonyl (C=O) groups excluding carboxylic acids is 1. The van der Waals surface area contributed by atoms with Crippen LogP contribution in [0, 0.1) is 0 Å². The lowest BCUT2D eigenvalue weighted by Crippen LogP contribution is -2.11. The number of carbonyl (C=O) groups is 1. The van der Waals surface area contributed by atoms with Crippen molar-refractivity contribution in [2.24, 2.45) is 0 Å². The highest BCUT2D eigenvalue weighted by molar-refractivity contribution is 7.84. The molecule has 0 aliphatic heterocycles. The minimum Gasteiger partial charge on any atom is -0.480 e. The summed E-state index contributed by atoms with van der Waals surface area (Å²) in [5, 5.41) is 2.45. The fraction of sp³-hybridized carbons (Fsp3) is 0.125. The average Bonchev–Trinajstić information content (AvgIpc) is 3.01. The average molecular weight is 345 g/mol. The third-order valence-corrected chi connectivity index (χ3v) is 4.33. The Bertz CT molecular complexity index is 879. The third kappa shape index (κ3) is 3.72. The maximum absolute atomic E-state index is 12.1. The Morgan fingerprint density at radius 3 is 2.79 bits per heavy atom. The van der Waals surface area contributed by atoms with E-state index in [2.05, 4.69) is 20.0 Å². The lowest BCUT2D eigenvalue weighted by Gasteiger charge is -2.06. The standard InChI is InChI=1S/C16H15N3O4S/c1-22-16(20)19-15-17-13-8-7-11(9-14(13)18-15)23-10-24(21)12-5-3-2-4-6-12/h2-9H,10H2,1H3,(H2,17,18,19,20). The molecule has 2 aromatic carbocycles. The molecule has 1 amide bonds. The molecule has 1 heterocycles. The number of benzene rings is 2. The Kier molecular flexibility index (Phi) is 4.76. The van der Waals surface area contributed by atoms with Gasteiger partial charge in [0.2, 0.25) is 5.95 Å². The topological polar surface area (TPSA) is 93.3 Å². The highest BCUT2D eigenvalue weighted by Gasteiger charge is 2.09. The number of amides is 1. The molecular weight excluding hydrogens is 330 g/mol. The van der Waals surface area contributed by atoms with Crippen molar-refractivity contribution in [3.63, 3.8) is 0 Å². The van der Waals surface area contributed by atoms with Gasteiger partial charge >= 0.3 is 6.09 Å². The second-order valence-electron chi connectivity index (χ2n) is 4.80. The molecule has 8 heteroatoms. The first-order valence-electron chi connectivity index (χ1n) is 7.06. The van der Waals surface area contributed by atoms with E-state index in [1.54, 1.807) is 30.3 Å². The quantitative estimate of drug-likeness (QED) is 0.742. The molecule has 7 nitrogen and oxygen atoms in total. The van der Waals surface area contributed by atoms with Crippen molar-refractivity contribution in [1.82, 2.24) is 9.97 Å². The van der Waals surface area contributed by atoms with Crippen molar-refractivity contribution in [1.29, 1.82) is 0 Å². The summed E-state index contributed by atoms with van der Waals surface area (Å²) in [6.07, 6.45) is -0.608. The Labute approximate surface area is 140 Å². The Morgan fingerprint density at radius 1 is 1.25 bits per heavy atom. The molecule has 3 rings (SSSR count). The van der Waals surface area contributed by atoms with Crippen molar-refractivity contribution in [3.8, 4) is 5.75 Å². The van der Waals surface area contributed by atoms with Gasteiger partial charge in [0.05, 0.1) is 28.9 Å².